The molecule has 0 atom stereocenters. The van der Waals surface area contributed by atoms with Crippen molar-refractivity contribution in [3.8, 4) is 0 Å². The van der Waals surface area contributed by atoms with Crippen LogP contribution in [0.5, 0.6) is 0 Å². The van der Waals surface area contributed by atoms with Crippen LogP contribution in [0.15, 0.2) is 76.1 Å². The van der Waals surface area contributed by atoms with Gasteiger partial charge in [0.15, 0.2) is 0 Å². The Hall–Kier alpha value is -3.73. The number of amides is 1. The van der Waals surface area contributed by atoms with E-state index in [0.29, 0.717) is 22.4 Å². The minimum absolute atomic E-state index is 0.168. The van der Waals surface area contributed by atoms with Crippen LogP contribution in [-0.4, -0.2) is 5.91 Å². The van der Waals surface area contributed by atoms with Gasteiger partial charge in [0.05, 0.1) is 5.69 Å². The summed E-state index contributed by atoms with van der Waals surface area (Å²) in [5.41, 5.74) is 4.87. The lowest BCUT2D eigenvalue weighted by Crippen LogP contribution is -2.22. The molecule has 0 fully saturated rings. The zero-order valence-corrected chi connectivity index (χ0v) is 17.0. The molecule has 1 N–H and O–H groups in total. The number of fused-ring (bicyclic) bond motifs is 1. The second-order valence-electron chi connectivity index (χ2n) is 7.32. The Morgan fingerprint density at radius 1 is 0.933 bits per heavy atom. The van der Waals surface area contributed by atoms with Gasteiger partial charge in [-0.05, 0) is 68.3 Å². The molecule has 30 heavy (non-hydrogen) atoms. The fraction of sp³-hybridized carbons (Fsp3) is 0.120. The van der Waals surface area contributed by atoms with Gasteiger partial charge < -0.3 is 9.73 Å². The minimum atomic E-state index is -0.325. The Morgan fingerprint density at radius 3 is 2.50 bits per heavy atom. The molecule has 0 spiro atoms. The summed E-state index contributed by atoms with van der Waals surface area (Å²) < 4.78 is 19.6. The average molecular weight is 400 g/mol. The molecule has 3 aromatic carbocycles. The second-order valence-corrected chi connectivity index (χ2v) is 7.32. The summed E-state index contributed by atoms with van der Waals surface area (Å²) in [5.74, 6) is -0.633. The molecular weight excluding hydrogens is 379 g/mol. The number of nitrogens with one attached hydrogen (secondary N) is 1. The molecule has 4 rings (SSSR count). The Morgan fingerprint density at radius 2 is 1.73 bits per heavy atom. The zero-order chi connectivity index (χ0) is 21.3. The van der Waals surface area contributed by atoms with Gasteiger partial charge in [0.25, 0.3) is 5.91 Å². The molecule has 0 aliphatic heterocycles. The van der Waals surface area contributed by atoms with Gasteiger partial charge in [-0.25, -0.2) is 9.38 Å². The number of benzene rings is 3. The molecule has 1 aromatic heterocycles. The summed E-state index contributed by atoms with van der Waals surface area (Å²) in [7, 11) is 0. The molecular formula is C25H21FN2O2. The smallest absolute Gasteiger partial charge is 0.261 e. The third-order valence-electron chi connectivity index (χ3n) is 4.90. The third kappa shape index (κ3) is 4.01. The Labute approximate surface area is 173 Å². The molecule has 0 unspecified atom stereocenters. The van der Waals surface area contributed by atoms with Crippen LogP contribution in [0, 0.1) is 26.6 Å². The summed E-state index contributed by atoms with van der Waals surface area (Å²) in [6.45, 7) is 5.61. The van der Waals surface area contributed by atoms with Crippen LogP contribution in [0.3, 0.4) is 0 Å². The molecule has 1 amide bonds. The molecule has 0 aliphatic carbocycles. The molecule has 4 aromatic rings. The Bertz CT molecular complexity index is 1340. The monoisotopic (exact) mass is 400 g/mol. The van der Waals surface area contributed by atoms with Crippen LogP contribution in [0.1, 0.15) is 27.0 Å². The van der Waals surface area contributed by atoms with E-state index in [9.17, 15) is 9.18 Å². The Balaban J connectivity index is 1.84. The number of hydrogen-bond acceptors (Lipinski definition) is 3. The lowest BCUT2D eigenvalue weighted by Gasteiger charge is -2.10. The van der Waals surface area contributed by atoms with E-state index in [1.165, 1.54) is 6.07 Å². The molecule has 0 radical (unpaired) electrons. The molecule has 0 saturated carbocycles. The van der Waals surface area contributed by atoms with Crippen LogP contribution >= 0.6 is 0 Å². The van der Waals surface area contributed by atoms with Gasteiger partial charge in [-0.2, -0.15) is 0 Å². The summed E-state index contributed by atoms with van der Waals surface area (Å²) in [6.07, 6.45) is 0. The van der Waals surface area contributed by atoms with Crippen molar-refractivity contribution in [1.29, 1.82) is 0 Å². The van der Waals surface area contributed by atoms with E-state index in [1.54, 1.807) is 25.1 Å². The highest BCUT2D eigenvalue weighted by atomic mass is 19.1. The van der Waals surface area contributed by atoms with E-state index in [4.69, 9.17) is 4.42 Å². The van der Waals surface area contributed by atoms with Crippen molar-refractivity contribution in [2.75, 3.05) is 5.32 Å². The lowest BCUT2D eigenvalue weighted by atomic mass is 10.1. The van der Waals surface area contributed by atoms with E-state index in [1.807, 2.05) is 56.3 Å². The maximum Gasteiger partial charge on any atom is 0.261 e. The number of para-hydroxylation sites is 1. The first kappa shape index (κ1) is 19.6. The maximum atomic E-state index is 13.6. The van der Waals surface area contributed by atoms with Gasteiger partial charge in [0.1, 0.15) is 17.0 Å². The maximum absolute atomic E-state index is 13.6. The first-order chi connectivity index (χ1) is 14.4. The van der Waals surface area contributed by atoms with Crippen LogP contribution in [0.25, 0.3) is 11.0 Å². The normalized spacial score (nSPS) is 11.7. The number of hydrogen-bond donors (Lipinski definition) is 1. The molecule has 0 saturated heterocycles. The van der Waals surface area contributed by atoms with Crippen molar-refractivity contribution >= 4 is 28.3 Å². The van der Waals surface area contributed by atoms with Crippen LogP contribution in [0.2, 0.25) is 0 Å². The molecule has 0 bridgehead atoms. The topological polar surface area (TPSA) is 54.6 Å². The highest BCUT2D eigenvalue weighted by Crippen LogP contribution is 2.20. The molecule has 5 heteroatoms. The van der Waals surface area contributed by atoms with Gasteiger partial charge in [0.2, 0.25) is 5.55 Å². The van der Waals surface area contributed by atoms with Crippen molar-refractivity contribution in [2.24, 2.45) is 4.99 Å². The molecule has 150 valence electrons. The number of halogens is 1. The van der Waals surface area contributed by atoms with Crippen molar-refractivity contribution in [3.63, 3.8) is 0 Å². The number of rotatable bonds is 3. The Kier molecular flexibility index (Phi) is 5.19. The van der Waals surface area contributed by atoms with E-state index < -0.39 is 0 Å². The predicted octanol–water partition coefficient (Wildman–Crippen LogP) is 5.98. The van der Waals surface area contributed by atoms with Crippen molar-refractivity contribution in [1.82, 2.24) is 0 Å². The average Bonchev–Trinajstić information content (AvgIpc) is 2.72. The standard InChI is InChI=1S/C25H21FN2O2/c1-15-8-11-22(17(3)12-15)28-24(29)20-14-18-6-4-5-7-23(18)30-25(20)27-19-9-10-21(26)16(2)13-19/h4-14H,1-3H3,(H,28,29). The SMILES string of the molecule is Cc1ccc(NC(=O)c2cc3ccccc3oc2=Nc2ccc(F)c(C)c2)c(C)c1. The van der Waals surface area contributed by atoms with E-state index in [-0.39, 0.29) is 17.3 Å². The summed E-state index contributed by atoms with van der Waals surface area (Å²) in [5, 5.41) is 3.74. The summed E-state index contributed by atoms with van der Waals surface area (Å²) >= 11 is 0. The summed E-state index contributed by atoms with van der Waals surface area (Å²) in [4.78, 5) is 17.6. The summed E-state index contributed by atoms with van der Waals surface area (Å²) in [6, 6.07) is 19.5. The number of anilines is 1. The van der Waals surface area contributed by atoms with Gasteiger partial charge >= 0.3 is 0 Å². The largest absolute Gasteiger partial charge is 0.438 e. The fourth-order valence-corrected chi connectivity index (χ4v) is 3.27. The van der Waals surface area contributed by atoms with Gasteiger partial charge in [0, 0.05) is 11.1 Å². The van der Waals surface area contributed by atoms with Gasteiger partial charge in [-0.15, -0.1) is 0 Å². The fourth-order valence-electron chi connectivity index (χ4n) is 3.27. The second kappa shape index (κ2) is 7.95. The molecule has 0 aliphatic rings. The first-order valence-electron chi connectivity index (χ1n) is 9.63. The van der Waals surface area contributed by atoms with Crippen LogP contribution < -0.4 is 10.9 Å². The van der Waals surface area contributed by atoms with E-state index >= 15 is 0 Å². The van der Waals surface area contributed by atoms with E-state index in [0.717, 1.165) is 22.2 Å². The quantitative estimate of drug-likeness (QED) is 0.460. The van der Waals surface area contributed by atoms with E-state index in [2.05, 4.69) is 10.3 Å². The number of carbonyl (C=O) groups excluding carboxylic acids is 1. The van der Waals surface area contributed by atoms with Crippen molar-refractivity contribution < 1.29 is 13.6 Å². The number of aryl methyl sites for hydroxylation is 3. The van der Waals surface area contributed by atoms with Crippen LogP contribution in [-0.2, 0) is 0 Å². The third-order valence-corrected chi connectivity index (χ3v) is 4.90. The predicted molar refractivity (Wildman–Crippen MR) is 116 cm³/mol. The number of carbonyl (C=O) groups is 1. The van der Waals surface area contributed by atoms with Crippen LogP contribution in [0.4, 0.5) is 15.8 Å². The number of nitrogens with zero attached hydrogens (tertiary/aromatic N) is 1. The molecule has 1 heterocycles. The minimum Gasteiger partial charge on any atom is -0.438 e. The lowest BCUT2D eigenvalue weighted by molar-refractivity contribution is 0.102. The van der Waals surface area contributed by atoms with Gasteiger partial charge in [-0.3, -0.25) is 4.79 Å². The first-order valence-corrected chi connectivity index (χ1v) is 9.63. The molecule has 4 nitrogen and oxygen atoms in total. The van der Waals surface area contributed by atoms with Crippen molar-refractivity contribution in [3.05, 3.63) is 100 Å². The van der Waals surface area contributed by atoms with Crippen molar-refractivity contribution in [2.45, 2.75) is 20.8 Å². The highest BCUT2D eigenvalue weighted by molar-refractivity contribution is 6.05. The van der Waals surface area contributed by atoms with Gasteiger partial charge in [-0.1, -0.05) is 35.9 Å². The highest BCUT2D eigenvalue weighted by Gasteiger charge is 2.14. The zero-order valence-electron chi connectivity index (χ0n) is 17.0.